The molecule has 0 radical (unpaired) electrons. The molecule has 1 aliphatic rings. The van der Waals surface area contributed by atoms with E-state index in [1.807, 2.05) is 60.8 Å². The third kappa shape index (κ3) is 3.47. The third-order valence-corrected chi connectivity index (χ3v) is 5.49. The number of hydrogen-bond acceptors (Lipinski definition) is 5. The summed E-state index contributed by atoms with van der Waals surface area (Å²) < 4.78 is 7.98. The van der Waals surface area contributed by atoms with Gasteiger partial charge in [0.05, 0.1) is 5.39 Å². The van der Waals surface area contributed by atoms with Crippen LogP contribution < -0.4 is 4.74 Å². The standard InChI is InChI=1S/C23H23N5O/c1-27-14-6-5-9-21(27)28-23-20(15-24-16-25-23)22(26-28)17-10-12-19(13-11-17)29-18-7-3-2-4-8-18/h2-4,7-8,10-13,15-16,21H,5-6,9,14H2,1H3. The largest absolute Gasteiger partial charge is 0.457 e. The molecule has 2 aromatic heterocycles. The van der Waals surface area contributed by atoms with Crippen molar-refractivity contribution in [2.45, 2.75) is 25.4 Å². The molecule has 0 bridgehead atoms. The molecule has 0 saturated carbocycles. The summed E-state index contributed by atoms with van der Waals surface area (Å²) in [6.45, 7) is 1.08. The Morgan fingerprint density at radius 3 is 2.55 bits per heavy atom. The van der Waals surface area contributed by atoms with Gasteiger partial charge in [-0.3, -0.25) is 4.90 Å². The predicted molar refractivity (Wildman–Crippen MR) is 113 cm³/mol. The van der Waals surface area contributed by atoms with Crippen molar-refractivity contribution in [1.82, 2.24) is 24.6 Å². The Morgan fingerprint density at radius 1 is 0.966 bits per heavy atom. The van der Waals surface area contributed by atoms with E-state index in [0.29, 0.717) is 0 Å². The van der Waals surface area contributed by atoms with Crippen molar-refractivity contribution < 1.29 is 4.74 Å². The van der Waals surface area contributed by atoms with Gasteiger partial charge in [0.1, 0.15) is 29.7 Å². The minimum Gasteiger partial charge on any atom is -0.457 e. The highest BCUT2D eigenvalue weighted by atomic mass is 16.5. The Morgan fingerprint density at radius 2 is 1.76 bits per heavy atom. The number of nitrogens with zero attached hydrogens (tertiary/aromatic N) is 5. The van der Waals surface area contributed by atoms with Crippen LogP contribution in [0.2, 0.25) is 0 Å². The van der Waals surface area contributed by atoms with Crippen LogP contribution in [0.1, 0.15) is 25.4 Å². The SMILES string of the molecule is CN1CCCCC1n1nc(-c2ccc(Oc3ccccc3)cc2)c2cncnc21. The Bertz CT molecular complexity index is 1110. The number of fused-ring (bicyclic) bond motifs is 1. The summed E-state index contributed by atoms with van der Waals surface area (Å²) in [6, 6.07) is 17.8. The quantitative estimate of drug-likeness (QED) is 0.500. The van der Waals surface area contributed by atoms with Gasteiger partial charge in [-0.1, -0.05) is 18.2 Å². The number of hydrogen-bond donors (Lipinski definition) is 0. The highest BCUT2D eigenvalue weighted by molar-refractivity contribution is 5.90. The van der Waals surface area contributed by atoms with Gasteiger partial charge < -0.3 is 4.74 Å². The second kappa shape index (κ2) is 7.64. The molecule has 1 fully saturated rings. The predicted octanol–water partition coefficient (Wildman–Crippen LogP) is 4.90. The molecule has 29 heavy (non-hydrogen) atoms. The summed E-state index contributed by atoms with van der Waals surface area (Å²) in [5.74, 6) is 1.62. The van der Waals surface area contributed by atoms with Crippen molar-refractivity contribution in [3.05, 3.63) is 67.1 Å². The maximum Gasteiger partial charge on any atom is 0.163 e. The molecule has 1 atom stereocenters. The fraction of sp³-hybridized carbons (Fsp3) is 0.261. The van der Waals surface area contributed by atoms with E-state index in [0.717, 1.165) is 46.8 Å². The van der Waals surface area contributed by atoms with Crippen LogP contribution in [0.15, 0.2) is 67.1 Å². The first-order chi connectivity index (χ1) is 14.3. The molecule has 0 N–H and O–H groups in total. The number of para-hydroxylation sites is 1. The van der Waals surface area contributed by atoms with Crippen molar-refractivity contribution in [3.63, 3.8) is 0 Å². The molecule has 6 heteroatoms. The first kappa shape index (κ1) is 17.8. The van der Waals surface area contributed by atoms with Gasteiger partial charge in [-0.2, -0.15) is 5.10 Å². The summed E-state index contributed by atoms with van der Waals surface area (Å²) >= 11 is 0. The zero-order valence-electron chi connectivity index (χ0n) is 16.4. The molecular formula is C23H23N5O. The molecule has 0 amide bonds. The lowest BCUT2D eigenvalue weighted by atomic mass is 10.1. The molecule has 0 spiro atoms. The fourth-order valence-electron chi connectivity index (χ4n) is 3.97. The Kier molecular flexibility index (Phi) is 4.69. The maximum atomic E-state index is 5.91. The summed E-state index contributed by atoms with van der Waals surface area (Å²) in [4.78, 5) is 11.2. The van der Waals surface area contributed by atoms with E-state index in [9.17, 15) is 0 Å². The molecule has 3 heterocycles. The molecular weight excluding hydrogens is 362 g/mol. The number of piperidine rings is 1. The van der Waals surface area contributed by atoms with Gasteiger partial charge in [-0.05, 0) is 69.3 Å². The van der Waals surface area contributed by atoms with E-state index < -0.39 is 0 Å². The van der Waals surface area contributed by atoms with E-state index in [1.54, 1.807) is 6.33 Å². The first-order valence-corrected chi connectivity index (χ1v) is 10.0. The van der Waals surface area contributed by atoms with Crippen LogP contribution in [0.3, 0.4) is 0 Å². The first-order valence-electron chi connectivity index (χ1n) is 10.0. The topological polar surface area (TPSA) is 56.1 Å². The highest BCUT2D eigenvalue weighted by Crippen LogP contribution is 2.33. The zero-order chi connectivity index (χ0) is 19.6. The smallest absolute Gasteiger partial charge is 0.163 e. The molecule has 1 unspecified atom stereocenters. The van der Waals surface area contributed by atoms with Gasteiger partial charge in [-0.25, -0.2) is 14.6 Å². The lowest BCUT2D eigenvalue weighted by Crippen LogP contribution is -2.34. The number of likely N-dealkylation sites (tertiary alicyclic amines) is 1. The molecule has 4 aromatic rings. The molecule has 146 valence electrons. The lowest BCUT2D eigenvalue weighted by Gasteiger charge is -2.32. The van der Waals surface area contributed by atoms with E-state index >= 15 is 0 Å². The van der Waals surface area contributed by atoms with Crippen LogP contribution in [0.25, 0.3) is 22.3 Å². The Hall–Kier alpha value is -3.25. The second-order valence-electron chi connectivity index (χ2n) is 7.45. The Balaban J connectivity index is 1.50. The van der Waals surface area contributed by atoms with Gasteiger partial charge in [-0.15, -0.1) is 0 Å². The number of aromatic nitrogens is 4. The third-order valence-electron chi connectivity index (χ3n) is 5.49. The van der Waals surface area contributed by atoms with Crippen molar-refractivity contribution in [2.75, 3.05) is 13.6 Å². The average molecular weight is 385 g/mol. The molecule has 1 aliphatic heterocycles. The fourth-order valence-corrected chi connectivity index (χ4v) is 3.97. The van der Waals surface area contributed by atoms with Gasteiger partial charge >= 0.3 is 0 Å². The summed E-state index contributed by atoms with van der Waals surface area (Å²) in [7, 11) is 2.16. The summed E-state index contributed by atoms with van der Waals surface area (Å²) in [5, 5.41) is 5.95. The molecule has 5 rings (SSSR count). The number of rotatable bonds is 4. The highest BCUT2D eigenvalue weighted by Gasteiger charge is 2.25. The minimum absolute atomic E-state index is 0.232. The van der Waals surface area contributed by atoms with Crippen LogP contribution in [0, 0.1) is 0 Å². The van der Waals surface area contributed by atoms with Crippen LogP contribution in [-0.4, -0.2) is 38.2 Å². The molecule has 0 aliphatic carbocycles. The monoisotopic (exact) mass is 385 g/mol. The average Bonchev–Trinajstić information content (AvgIpc) is 3.15. The van der Waals surface area contributed by atoms with E-state index in [2.05, 4.69) is 26.6 Å². The van der Waals surface area contributed by atoms with Crippen LogP contribution in [0.4, 0.5) is 0 Å². The Labute approximate surface area is 169 Å². The summed E-state index contributed by atoms with van der Waals surface area (Å²) in [5.41, 5.74) is 2.83. The summed E-state index contributed by atoms with van der Waals surface area (Å²) in [6.07, 6.45) is 7.22. The van der Waals surface area contributed by atoms with Crippen LogP contribution in [0.5, 0.6) is 11.5 Å². The van der Waals surface area contributed by atoms with Crippen molar-refractivity contribution in [2.24, 2.45) is 0 Å². The van der Waals surface area contributed by atoms with Crippen LogP contribution in [-0.2, 0) is 0 Å². The van der Waals surface area contributed by atoms with E-state index in [1.165, 1.54) is 12.8 Å². The minimum atomic E-state index is 0.232. The number of benzene rings is 2. The van der Waals surface area contributed by atoms with Gasteiger partial charge in [0.15, 0.2) is 5.65 Å². The van der Waals surface area contributed by atoms with Crippen molar-refractivity contribution in [1.29, 1.82) is 0 Å². The van der Waals surface area contributed by atoms with E-state index in [-0.39, 0.29) is 6.17 Å². The molecule has 6 nitrogen and oxygen atoms in total. The van der Waals surface area contributed by atoms with E-state index in [4.69, 9.17) is 9.84 Å². The van der Waals surface area contributed by atoms with Crippen molar-refractivity contribution >= 4 is 11.0 Å². The maximum absolute atomic E-state index is 5.91. The zero-order valence-corrected chi connectivity index (χ0v) is 16.4. The van der Waals surface area contributed by atoms with Crippen molar-refractivity contribution in [3.8, 4) is 22.8 Å². The van der Waals surface area contributed by atoms with Gasteiger partial charge in [0.25, 0.3) is 0 Å². The second-order valence-corrected chi connectivity index (χ2v) is 7.45. The number of ether oxygens (including phenoxy) is 1. The van der Waals surface area contributed by atoms with Gasteiger partial charge in [0, 0.05) is 11.8 Å². The normalized spacial score (nSPS) is 17.5. The molecule has 1 saturated heterocycles. The molecule has 2 aromatic carbocycles. The van der Waals surface area contributed by atoms with Gasteiger partial charge in [0.2, 0.25) is 0 Å². The van der Waals surface area contributed by atoms with Crippen LogP contribution >= 0.6 is 0 Å². The lowest BCUT2D eigenvalue weighted by molar-refractivity contribution is 0.119.